The van der Waals surface area contributed by atoms with E-state index in [2.05, 4.69) is 13.8 Å². The highest BCUT2D eigenvalue weighted by molar-refractivity contribution is 4.69. The molecule has 2 nitrogen and oxygen atoms in total. The summed E-state index contributed by atoms with van der Waals surface area (Å²) in [4.78, 5) is 0. The molecular formula is C7H14O2. The molecule has 54 valence electrons. The molecule has 0 spiro atoms. The Morgan fingerprint density at radius 2 is 1.89 bits per heavy atom. The second-order valence-electron chi connectivity index (χ2n) is 2.97. The van der Waals surface area contributed by atoms with E-state index in [-0.39, 0.29) is 5.60 Å². The molecule has 0 aromatic rings. The Bertz CT molecular complexity index is 78.9. The molecule has 9 heavy (non-hydrogen) atoms. The van der Waals surface area contributed by atoms with Gasteiger partial charge in [0.1, 0.15) is 0 Å². The molecule has 0 aliphatic carbocycles. The summed E-state index contributed by atoms with van der Waals surface area (Å²) in [5.74, 6) is 0. The van der Waals surface area contributed by atoms with E-state index in [0.717, 1.165) is 26.2 Å². The lowest BCUT2D eigenvalue weighted by molar-refractivity contribution is -0.0104. The van der Waals surface area contributed by atoms with Gasteiger partial charge in [0.2, 0.25) is 0 Å². The monoisotopic (exact) mass is 130 g/mol. The lowest BCUT2D eigenvalue weighted by atomic mass is 10.1. The maximum absolute atomic E-state index is 5.47. The molecule has 0 saturated carbocycles. The largest absolute Gasteiger partial charge is 0.379 e. The van der Waals surface area contributed by atoms with Crippen molar-refractivity contribution in [2.24, 2.45) is 0 Å². The lowest BCUT2D eigenvalue weighted by Gasteiger charge is -2.20. The minimum absolute atomic E-state index is 0.0382. The molecule has 1 aliphatic rings. The quantitative estimate of drug-likeness (QED) is 0.490. The van der Waals surface area contributed by atoms with Crippen LogP contribution < -0.4 is 0 Å². The minimum Gasteiger partial charge on any atom is -0.379 e. The van der Waals surface area contributed by atoms with Crippen molar-refractivity contribution in [1.82, 2.24) is 0 Å². The van der Waals surface area contributed by atoms with E-state index in [1.165, 1.54) is 0 Å². The molecule has 1 rings (SSSR count). The van der Waals surface area contributed by atoms with Crippen molar-refractivity contribution in [2.75, 3.05) is 19.8 Å². The van der Waals surface area contributed by atoms with E-state index >= 15 is 0 Å². The van der Waals surface area contributed by atoms with E-state index < -0.39 is 0 Å². The molecule has 0 amide bonds. The van der Waals surface area contributed by atoms with Crippen LogP contribution in [0.3, 0.4) is 0 Å². The van der Waals surface area contributed by atoms with Crippen LogP contribution in [-0.2, 0) is 9.47 Å². The molecular weight excluding hydrogens is 116 g/mol. The molecule has 1 fully saturated rings. The third-order valence-electron chi connectivity index (χ3n) is 1.57. The van der Waals surface area contributed by atoms with Crippen LogP contribution >= 0.6 is 0 Å². The van der Waals surface area contributed by atoms with Gasteiger partial charge in [-0.15, -0.1) is 0 Å². The molecule has 0 bridgehead atoms. The fraction of sp³-hybridized carbons (Fsp3) is 1.00. The average molecular weight is 130 g/mol. The summed E-state index contributed by atoms with van der Waals surface area (Å²) in [6.45, 7) is 6.53. The van der Waals surface area contributed by atoms with E-state index in [4.69, 9.17) is 9.47 Å². The molecule has 1 aliphatic heterocycles. The Kier molecular flexibility index (Phi) is 2.09. The SMILES string of the molecule is CC1(C)CCOCCO1. The van der Waals surface area contributed by atoms with Crippen molar-refractivity contribution in [3.63, 3.8) is 0 Å². The molecule has 2 heteroatoms. The topological polar surface area (TPSA) is 18.5 Å². The fourth-order valence-corrected chi connectivity index (χ4v) is 0.869. The first-order valence-corrected chi connectivity index (χ1v) is 3.42. The van der Waals surface area contributed by atoms with E-state index in [1.54, 1.807) is 0 Å². The van der Waals surface area contributed by atoms with Crippen LogP contribution in [0.5, 0.6) is 0 Å². The summed E-state index contributed by atoms with van der Waals surface area (Å²) in [5.41, 5.74) is 0.0382. The van der Waals surface area contributed by atoms with Crippen LogP contribution in [0.2, 0.25) is 0 Å². The van der Waals surface area contributed by atoms with Crippen LogP contribution in [-0.4, -0.2) is 25.4 Å². The molecule has 0 aromatic carbocycles. The van der Waals surface area contributed by atoms with Gasteiger partial charge in [0.25, 0.3) is 0 Å². The summed E-state index contributed by atoms with van der Waals surface area (Å²) in [5, 5.41) is 0. The van der Waals surface area contributed by atoms with Crippen molar-refractivity contribution in [1.29, 1.82) is 0 Å². The van der Waals surface area contributed by atoms with Crippen molar-refractivity contribution in [3.8, 4) is 0 Å². The van der Waals surface area contributed by atoms with Gasteiger partial charge in [-0.25, -0.2) is 0 Å². The molecule has 0 aromatic heterocycles. The van der Waals surface area contributed by atoms with Gasteiger partial charge in [-0.2, -0.15) is 0 Å². The Morgan fingerprint density at radius 1 is 1.11 bits per heavy atom. The van der Waals surface area contributed by atoms with Crippen molar-refractivity contribution in [2.45, 2.75) is 25.9 Å². The number of hydrogen-bond donors (Lipinski definition) is 0. The van der Waals surface area contributed by atoms with E-state index in [0.29, 0.717) is 0 Å². The summed E-state index contributed by atoms with van der Waals surface area (Å²) in [6, 6.07) is 0. The van der Waals surface area contributed by atoms with Crippen LogP contribution in [0.15, 0.2) is 0 Å². The Morgan fingerprint density at radius 3 is 2.67 bits per heavy atom. The standard InChI is InChI=1S/C7H14O2/c1-7(2)3-4-8-5-6-9-7/h3-6H2,1-2H3. The molecule has 0 radical (unpaired) electrons. The van der Waals surface area contributed by atoms with Crippen LogP contribution in [0.25, 0.3) is 0 Å². The van der Waals surface area contributed by atoms with Gasteiger partial charge >= 0.3 is 0 Å². The summed E-state index contributed by atoms with van der Waals surface area (Å²) in [7, 11) is 0. The second kappa shape index (κ2) is 2.67. The Hall–Kier alpha value is -0.0800. The summed E-state index contributed by atoms with van der Waals surface area (Å²) in [6.07, 6.45) is 1.01. The predicted octanol–water partition coefficient (Wildman–Crippen LogP) is 1.20. The Balaban J connectivity index is 2.36. The van der Waals surface area contributed by atoms with Gasteiger partial charge in [-0.05, 0) is 20.3 Å². The second-order valence-corrected chi connectivity index (χ2v) is 2.97. The molecule has 0 unspecified atom stereocenters. The third-order valence-corrected chi connectivity index (χ3v) is 1.57. The lowest BCUT2D eigenvalue weighted by Crippen LogP contribution is -2.23. The van der Waals surface area contributed by atoms with E-state index in [9.17, 15) is 0 Å². The normalized spacial score (nSPS) is 27.3. The third kappa shape index (κ3) is 2.33. The zero-order chi connectivity index (χ0) is 6.74. The van der Waals surface area contributed by atoms with Gasteiger partial charge in [0.05, 0.1) is 18.8 Å². The maximum Gasteiger partial charge on any atom is 0.0707 e. The summed E-state index contributed by atoms with van der Waals surface area (Å²) >= 11 is 0. The average Bonchev–Trinajstić information content (AvgIpc) is 1.92. The van der Waals surface area contributed by atoms with Gasteiger partial charge < -0.3 is 9.47 Å². The van der Waals surface area contributed by atoms with Gasteiger partial charge in [-0.1, -0.05) is 0 Å². The first-order valence-electron chi connectivity index (χ1n) is 3.42. The van der Waals surface area contributed by atoms with Crippen molar-refractivity contribution in [3.05, 3.63) is 0 Å². The van der Waals surface area contributed by atoms with E-state index in [1.807, 2.05) is 0 Å². The first-order chi connectivity index (χ1) is 4.21. The number of rotatable bonds is 0. The molecule has 1 saturated heterocycles. The number of ether oxygens (including phenoxy) is 2. The highest BCUT2D eigenvalue weighted by atomic mass is 16.5. The van der Waals surface area contributed by atoms with Gasteiger partial charge in [-0.3, -0.25) is 0 Å². The highest BCUT2D eigenvalue weighted by Gasteiger charge is 2.19. The number of hydrogen-bond acceptors (Lipinski definition) is 2. The van der Waals surface area contributed by atoms with Crippen molar-refractivity contribution >= 4 is 0 Å². The fourth-order valence-electron chi connectivity index (χ4n) is 0.869. The molecule has 1 heterocycles. The van der Waals surface area contributed by atoms with Crippen LogP contribution in [0.4, 0.5) is 0 Å². The summed E-state index contributed by atoms with van der Waals surface area (Å²) < 4.78 is 10.7. The van der Waals surface area contributed by atoms with Crippen LogP contribution in [0.1, 0.15) is 20.3 Å². The highest BCUT2D eigenvalue weighted by Crippen LogP contribution is 2.16. The first kappa shape index (κ1) is 7.03. The predicted molar refractivity (Wildman–Crippen MR) is 35.5 cm³/mol. The smallest absolute Gasteiger partial charge is 0.0707 e. The van der Waals surface area contributed by atoms with Gasteiger partial charge in [0, 0.05) is 6.61 Å². The zero-order valence-corrected chi connectivity index (χ0v) is 6.14. The zero-order valence-electron chi connectivity index (χ0n) is 6.14. The molecule has 0 atom stereocenters. The molecule has 0 N–H and O–H groups in total. The Labute approximate surface area is 56.2 Å². The van der Waals surface area contributed by atoms with Crippen molar-refractivity contribution < 1.29 is 9.47 Å². The van der Waals surface area contributed by atoms with Crippen LogP contribution in [0, 0.1) is 0 Å². The maximum atomic E-state index is 5.47. The van der Waals surface area contributed by atoms with Gasteiger partial charge in [0.15, 0.2) is 0 Å². The minimum atomic E-state index is 0.0382.